The minimum Gasteiger partial charge on any atom is -0.339 e. The Labute approximate surface area is 167 Å². The van der Waals surface area contributed by atoms with Gasteiger partial charge in [-0.3, -0.25) is 9.59 Å². The van der Waals surface area contributed by atoms with Crippen molar-refractivity contribution in [2.24, 2.45) is 0 Å². The van der Waals surface area contributed by atoms with Gasteiger partial charge in [0.05, 0.1) is 6.54 Å². The summed E-state index contributed by atoms with van der Waals surface area (Å²) in [5, 5.41) is 6.49. The number of rotatable bonds is 7. The van der Waals surface area contributed by atoms with E-state index >= 15 is 0 Å². The summed E-state index contributed by atoms with van der Waals surface area (Å²) < 4.78 is 18.4. The summed E-state index contributed by atoms with van der Waals surface area (Å²) in [5.41, 5.74) is 2.31. The second kappa shape index (κ2) is 9.09. The van der Waals surface area contributed by atoms with Crippen LogP contribution in [-0.2, 0) is 16.0 Å². The number of amides is 2. The molecule has 2 amide bonds. The Kier molecular flexibility index (Phi) is 6.33. The van der Waals surface area contributed by atoms with Crippen LogP contribution in [0.4, 0.5) is 10.1 Å². The highest BCUT2D eigenvalue weighted by Crippen LogP contribution is 2.17. The highest BCUT2D eigenvalue weighted by Gasteiger charge is 2.16. The fraction of sp³-hybridized carbons (Fsp3) is 0.238. The molecule has 7 nitrogen and oxygen atoms in total. The summed E-state index contributed by atoms with van der Waals surface area (Å²) in [6, 6.07) is 13.3. The fourth-order valence-electron chi connectivity index (χ4n) is 2.65. The highest BCUT2D eigenvalue weighted by atomic mass is 19.1. The minimum absolute atomic E-state index is 0.124. The largest absolute Gasteiger partial charge is 0.339 e. The molecule has 0 fully saturated rings. The standard InChI is InChI=1S/C21H21FN4O3/c1-14-6-8-15(9-7-14)21-24-19(29-25-21)10-11-20(28)26(2)13-18(27)23-17-5-3-4-16(22)12-17/h3-9,12H,10-11,13H2,1-2H3,(H,23,27). The van der Waals surface area contributed by atoms with E-state index in [0.29, 0.717) is 17.4 Å². The summed E-state index contributed by atoms with van der Waals surface area (Å²) in [4.78, 5) is 29.9. The molecule has 0 unspecified atom stereocenters. The van der Waals surface area contributed by atoms with Gasteiger partial charge in [-0.15, -0.1) is 0 Å². The zero-order chi connectivity index (χ0) is 20.8. The van der Waals surface area contributed by atoms with Gasteiger partial charge in [0.15, 0.2) is 0 Å². The zero-order valence-electron chi connectivity index (χ0n) is 16.2. The number of likely N-dealkylation sites (N-methyl/N-ethyl adjacent to an activating group) is 1. The van der Waals surface area contributed by atoms with E-state index in [1.807, 2.05) is 31.2 Å². The Hall–Kier alpha value is -3.55. The molecule has 0 spiro atoms. The normalized spacial score (nSPS) is 10.6. The number of nitrogens with zero attached hydrogens (tertiary/aromatic N) is 3. The molecular formula is C21H21FN4O3. The summed E-state index contributed by atoms with van der Waals surface area (Å²) in [5.74, 6) is -0.279. The van der Waals surface area contributed by atoms with Gasteiger partial charge in [-0.2, -0.15) is 4.98 Å². The van der Waals surface area contributed by atoms with Gasteiger partial charge in [0.2, 0.25) is 23.5 Å². The van der Waals surface area contributed by atoms with Crippen LogP contribution in [0.3, 0.4) is 0 Å². The van der Waals surface area contributed by atoms with Crippen molar-refractivity contribution in [2.75, 3.05) is 18.9 Å². The van der Waals surface area contributed by atoms with E-state index in [1.54, 1.807) is 6.07 Å². The van der Waals surface area contributed by atoms with Crippen molar-refractivity contribution >= 4 is 17.5 Å². The molecule has 0 radical (unpaired) electrons. The van der Waals surface area contributed by atoms with Gasteiger partial charge in [0.1, 0.15) is 5.82 Å². The first-order valence-electron chi connectivity index (χ1n) is 9.10. The van der Waals surface area contributed by atoms with Crippen molar-refractivity contribution in [3.8, 4) is 11.4 Å². The van der Waals surface area contributed by atoms with Crippen LogP contribution in [0.1, 0.15) is 17.9 Å². The number of anilines is 1. The predicted octanol–water partition coefficient (Wildman–Crippen LogP) is 3.21. The Morgan fingerprint density at radius 1 is 1.17 bits per heavy atom. The van der Waals surface area contributed by atoms with E-state index in [-0.39, 0.29) is 25.3 Å². The molecule has 1 heterocycles. The van der Waals surface area contributed by atoms with Gasteiger partial charge in [-0.1, -0.05) is 41.1 Å². The summed E-state index contributed by atoms with van der Waals surface area (Å²) in [6.07, 6.45) is 0.396. The third kappa shape index (κ3) is 5.71. The third-order valence-electron chi connectivity index (χ3n) is 4.25. The van der Waals surface area contributed by atoms with E-state index in [0.717, 1.165) is 11.1 Å². The number of aryl methyl sites for hydroxylation is 2. The summed E-state index contributed by atoms with van der Waals surface area (Å²) >= 11 is 0. The van der Waals surface area contributed by atoms with E-state index in [1.165, 1.54) is 30.1 Å². The van der Waals surface area contributed by atoms with Crippen molar-refractivity contribution in [3.63, 3.8) is 0 Å². The molecule has 0 saturated heterocycles. The lowest BCUT2D eigenvalue weighted by atomic mass is 10.1. The van der Waals surface area contributed by atoms with Crippen LogP contribution in [0.5, 0.6) is 0 Å². The minimum atomic E-state index is -0.447. The predicted molar refractivity (Wildman–Crippen MR) is 105 cm³/mol. The Bertz CT molecular complexity index is 1000. The smallest absolute Gasteiger partial charge is 0.243 e. The number of hydrogen-bond donors (Lipinski definition) is 1. The Morgan fingerprint density at radius 3 is 2.66 bits per heavy atom. The molecule has 29 heavy (non-hydrogen) atoms. The van der Waals surface area contributed by atoms with Crippen molar-refractivity contribution in [1.29, 1.82) is 0 Å². The van der Waals surface area contributed by atoms with Crippen LogP contribution in [0.25, 0.3) is 11.4 Å². The average molecular weight is 396 g/mol. The van der Waals surface area contributed by atoms with Gasteiger partial charge in [0.25, 0.3) is 0 Å². The second-order valence-corrected chi connectivity index (χ2v) is 6.69. The number of halogens is 1. The Balaban J connectivity index is 1.48. The lowest BCUT2D eigenvalue weighted by Crippen LogP contribution is -2.35. The molecule has 0 saturated carbocycles. The number of carbonyl (C=O) groups is 2. The lowest BCUT2D eigenvalue weighted by molar-refractivity contribution is -0.133. The van der Waals surface area contributed by atoms with Crippen molar-refractivity contribution in [3.05, 3.63) is 65.8 Å². The maximum Gasteiger partial charge on any atom is 0.243 e. The molecular weight excluding hydrogens is 375 g/mol. The summed E-state index contributed by atoms with van der Waals surface area (Å²) in [7, 11) is 1.53. The number of aromatic nitrogens is 2. The molecule has 0 atom stereocenters. The maximum atomic E-state index is 13.2. The number of carbonyl (C=O) groups excluding carboxylic acids is 2. The van der Waals surface area contributed by atoms with E-state index in [2.05, 4.69) is 15.5 Å². The lowest BCUT2D eigenvalue weighted by Gasteiger charge is -2.16. The fourth-order valence-corrected chi connectivity index (χ4v) is 2.65. The SMILES string of the molecule is Cc1ccc(-c2noc(CCC(=O)N(C)CC(=O)Nc3cccc(F)c3)n2)cc1. The molecule has 0 aliphatic rings. The molecule has 2 aromatic carbocycles. The topological polar surface area (TPSA) is 88.3 Å². The van der Waals surface area contributed by atoms with Crippen molar-refractivity contribution < 1.29 is 18.5 Å². The van der Waals surface area contributed by atoms with Crippen LogP contribution in [0.15, 0.2) is 53.1 Å². The molecule has 0 aliphatic heterocycles. The van der Waals surface area contributed by atoms with Crippen LogP contribution >= 0.6 is 0 Å². The van der Waals surface area contributed by atoms with Gasteiger partial charge in [-0.05, 0) is 25.1 Å². The zero-order valence-corrected chi connectivity index (χ0v) is 16.2. The highest BCUT2D eigenvalue weighted by molar-refractivity contribution is 5.94. The molecule has 0 bridgehead atoms. The van der Waals surface area contributed by atoms with Gasteiger partial charge >= 0.3 is 0 Å². The number of benzene rings is 2. The average Bonchev–Trinajstić information content (AvgIpc) is 3.15. The van der Waals surface area contributed by atoms with Gasteiger partial charge in [-0.25, -0.2) is 4.39 Å². The summed E-state index contributed by atoms with van der Waals surface area (Å²) in [6.45, 7) is 1.85. The molecule has 3 rings (SSSR count). The first kappa shape index (κ1) is 20.2. The van der Waals surface area contributed by atoms with Gasteiger partial charge in [0, 0.05) is 31.1 Å². The van der Waals surface area contributed by atoms with Crippen LogP contribution in [0.2, 0.25) is 0 Å². The molecule has 1 aromatic heterocycles. The molecule has 150 valence electrons. The van der Waals surface area contributed by atoms with Crippen LogP contribution < -0.4 is 5.32 Å². The number of nitrogens with one attached hydrogen (secondary N) is 1. The number of hydrogen-bond acceptors (Lipinski definition) is 5. The van der Waals surface area contributed by atoms with Crippen LogP contribution in [-0.4, -0.2) is 40.4 Å². The second-order valence-electron chi connectivity index (χ2n) is 6.69. The third-order valence-corrected chi connectivity index (χ3v) is 4.25. The molecule has 0 aliphatic carbocycles. The molecule has 3 aromatic rings. The van der Waals surface area contributed by atoms with Crippen molar-refractivity contribution in [2.45, 2.75) is 19.8 Å². The van der Waals surface area contributed by atoms with Gasteiger partial charge < -0.3 is 14.7 Å². The van der Waals surface area contributed by atoms with E-state index in [4.69, 9.17) is 4.52 Å². The quantitative estimate of drug-likeness (QED) is 0.663. The Morgan fingerprint density at radius 2 is 1.93 bits per heavy atom. The maximum absolute atomic E-state index is 13.2. The molecule has 8 heteroatoms. The molecule has 1 N–H and O–H groups in total. The first-order chi connectivity index (χ1) is 13.9. The van der Waals surface area contributed by atoms with Crippen molar-refractivity contribution in [1.82, 2.24) is 15.0 Å². The first-order valence-corrected chi connectivity index (χ1v) is 9.10. The van der Waals surface area contributed by atoms with Crippen LogP contribution in [0, 0.1) is 12.7 Å². The van der Waals surface area contributed by atoms with E-state index < -0.39 is 11.7 Å². The van der Waals surface area contributed by atoms with E-state index in [9.17, 15) is 14.0 Å². The monoisotopic (exact) mass is 396 g/mol.